The maximum Gasteiger partial charge on any atom is 0.344 e. The summed E-state index contributed by atoms with van der Waals surface area (Å²) in [7, 11) is 1.13. The van der Waals surface area contributed by atoms with E-state index >= 15 is 0 Å². The number of aromatic nitrogens is 1. The van der Waals surface area contributed by atoms with Crippen molar-refractivity contribution in [3.05, 3.63) is 85.8 Å². The molecule has 3 aromatic rings. The molecule has 144 valence electrons. The maximum atomic E-state index is 14.3. The second-order valence-corrected chi connectivity index (χ2v) is 6.75. The van der Waals surface area contributed by atoms with Gasteiger partial charge in [-0.25, -0.2) is 13.6 Å². The Labute approximate surface area is 168 Å². The van der Waals surface area contributed by atoms with Crippen LogP contribution in [0.2, 0.25) is 10.0 Å². The minimum absolute atomic E-state index is 0.185. The smallest absolute Gasteiger partial charge is 0.344 e. The average molecular weight is 424 g/mol. The number of esters is 1. The van der Waals surface area contributed by atoms with Crippen molar-refractivity contribution in [1.29, 1.82) is 0 Å². The average Bonchev–Trinajstić information content (AvgIpc) is 2.64. The molecule has 0 saturated carbocycles. The summed E-state index contributed by atoms with van der Waals surface area (Å²) in [5.74, 6) is -2.63. The Morgan fingerprint density at radius 2 is 1.75 bits per heavy atom. The van der Waals surface area contributed by atoms with Crippen LogP contribution in [-0.2, 0) is 4.74 Å². The number of hydrogen-bond acceptors (Lipinski definition) is 3. The van der Waals surface area contributed by atoms with E-state index < -0.39 is 23.2 Å². The Balaban J connectivity index is 2.36. The van der Waals surface area contributed by atoms with Crippen LogP contribution in [0.25, 0.3) is 16.8 Å². The Morgan fingerprint density at radius 1 is 1.04 bits per heavy atom. The van der Waals surface area contributed by atoms with Gasteiger partial charge in [-0.3, -0.25) is 9.36 Å². The Bertz CT molecular complexity index is 1160. The summed E-state index contributed by atoms with van der Waals surface area (Å²) < 4.78 is 33.3. The maximum absolute atomic E-state index is 14.3. The SMILES string of the molecule is COC(=O)c1c(-c2ccc(Cl)c(Cl)c2)cc(C)n(-c2ccc(F)cc2F)c1=O. The number of methoxy groups -OCH3 is 1. The van der Waals surface area contributed by atoms with Crippen LogP contribution in [0.4, 0.5) is 8.78 Å². The minimum Gasteiger partial charge on any atom is -0.465 e. The second kappa shape index (κ2) is 7.73. The number of nitrogens with zero attached hydrogens (tertiary/aromatic N) is 1. The highest BCUT2D eigenvalue weighted by Gasteiger charge is 2.23. The van der Waals surface area contributed by atoms with Crippen LogP contribution in [-0.4, -0.2) is 17.6 Å². The van der Waals surface area contributed by atoms with Gasteiger partial charge in [0.25, 0.3) is 5.56 Å². The normalized spacial score (nSPS) is 10.8. The van der Waals surface area contributed by atoms with E-state index in [0.29, 0.717) is 22.3 Å². The van der Waals surface area contributed by atoms with Crippen LogP contribution in [0, 0.1) is 18.6 Å². The van der Waals surface area contributed by atoms with Gasteiger partial charge in [-0.15, -0.1) is 0 Å². The molecule has 0 spiro atoms. The summed E-state index contributed by atoms with van der Waals surface area (Å²) in [4.78, 5) is 25.5. The fraction of sp³-hybridized carbons (Fsp3) is 0.100. The number of ether oxygens (including phenoxy) is 1. The minimum atomic E-state index is -0.941. The molecule has 0 unspecified atom stereocenters. The van der Waals surface area contributed by atoms with Gasteiger partial charge in [0.2, 0.25) is 0 Å². The van der Waals surface area contributed by atoms with E-state index in [1.165, 1.54) is 18.2 Å². The third kappa shape index (κ3) is 3.53. The quantitative estimate of drug-likeness (QED) is 0.545. The molecule has 0 aliphatic carbocycles. The number of halogens is 4. The van der Waals surface area contributed by atoms with Gasteiger partial charge < -0.3 is 4.74 Å². The van der Waals surface area contributed by atoms with Crippen molar-refractivity contribution in [2.24, 2.45) is 0 Å². The molecule has 1 aromatic heterocycles. The molecule has 0 atom stereocenters. The predicted octanol–water partition coefficient (Wildman–Crippen LogP) is 5.18. The lowest BCUT2D eigenvalue weighted by molar-refractivity contribution is 0.0599. The number of hydrogen-bond donors (Lipinski definition) is 0. The lowest BCUT2D eigenvalue weighted by Gasteiger charge is -2.16. The van der Waals surface area contributed by atoms with E-state index in [9.17, 15) is 18.4 Å². The number of aryl methyl sites for hydroxylation is 1. The number of carbonyl (C=O) groups excluding carboxylic acids is 1. The van der Waals surface area contributed by atoms with E-state index in [1.54, 1.807) is 13.0 Å². The molecule has 28 heavy (non-hydrogen) atoms. The van der Waals surface area contributed by atoms with Crippen molar-refractivity contribution in [2.45, 2.75) is 6.92 Å². The van der Waals surface area contributed by atoms with E-state index in [-0.39, 0.29) is 21.8 Å². The van der Waals surface area contributed by atoms with Gasteiger partial charge in [-0.2, -0.15) is 0 Å². The standard InChI is InChI=1S/C20H13Cl2F2NO3/c1-10-7-13(11-3-5-14(21)15(22)8-11)18(20(27)28-2)19(26)25(10)17-6-4-12(23)9-16(17)24/h3-9H,1-2H3. The number of carbonyl (C=O) groups is 1. The third-order valence-electron chi connectivity index (χ3n) is 4.16. The summed E-state index contributed by atoms with van der Waals surface area (Å²) in [5, 5.41) is 0.546. The number of pyridine rings is 1. The van der Waals surface area contributed by atoms with Crippen LogP contribution in [0.15, 0.2) is 47.3 Å². The fourth-order valence-electron chi connectivity index (χ4n) is 2.89. The molecule has 2 aromatic carbocycles. The zero-order chi connectivity index (χ0) is 20.6. The van der Waals surface area contributed by atoms with Crippen LogP contribution >= 0.6 is 23.2 Å². The Kier molecular flexibility index (Phi) is 5.54. The van der Waals surface area contributed by atoms with Crippen molar-refractivity contribution in [3.63, 3.8) is 0 Å². The van der Waals surface area contributed by atoms with Gasteiger partial charge in [0.15, 0.2) is 0 Å². The molecular formula is C20H13Cl2F2NO3. The van der Waals surface area contributed by atoms with Crippen molar-refractivity contribution in [3.8, 4) is 16.8 Å². The molecular weight excluding hydrogens is 411 g/mol. The molecule has 4 nitrogen and oxygen atoms in total. The van der Waals surface area contributed by atoms with Gasteiger partial charge in [0, 0.05) is 17.3 Å². The Morgan fingerprint density at radius 3 is 2.36 bits per heavy atom. The highest BCUT2D eigenvalue weighted by molar-refractivity contribution is 6.42. The first-order valence-corrected chi connectivity index (χ1v) is 8.76. The molecule has 3 rings (SSSR count). The lowest BCUT2D eigenvalue weighted by atomic mass is 9.99. The predicted molar refractivity (Wildman–Crippen MR) is 103 cm³/mol. The van der Waals surface area contributed by atoms with E-state index in [4.69, 9.17) is 27.9 Å². The van der Waals surface area contributed by atoms with Crippen LogP contribution in [0.5, 0.6) is 0 Å². The molecule has 0 bridgehead atoms. The highest BCUT2D eigenvalue weighted by Crippen LogP contribution is 2.31. The first kappa shape index (κ1) is 20.0. The van der Waals surface area contributed by atoms with Crippen molar-refractivity contribution < 1.29 is 18.3 Å². The molecule has 0 aliphatic heterocycles. The third-order valence-corrected chi connectivity index (χ3v) is 4.90. The first-order valence-electron chi connectivity index (χ1n) is 8.00. The largest absolute Gasteiger partial charge is 0.465 e. The van der Waals surface area contributed by atoms with Gasteiger partial charge >= 0.3 is 5.97 Å². The summed E-state index contributed by atoms with van der Waals surface area (Å²) in [6.45, 7) is 1.56. The molecule has 0 fully saturated rings. The summed E-state index contributed by atoms with van der Waals surface area (Å²) in [6, 6.07) is 8.96. The van der Waals surface area contributed by atoms with Gasteiger partial charge in [-0.1, -0.05) is 29.3 Å². The second-order valence-electron chi connectivity index (χ2n) is 5.93. The topological polar surface area (TPSA) is 48.3 Å². The van der Waals surface area contributed by atoms with Gasteiger partial charge in [0.1, 0.15) is 17.2 Å². The summed E-state index contributed by atoms with van der Waals surface area (Å²) in [5.41, 5.74) is -0.263. The zero-order valence-electron chi connectivity index (χ0n) is 14.7. The lowest BCUT2D eigenvalue weighted by Crippen LogP contribution is -2.29. The molecule has 0 aliphatic rings. The van der Waals surface area contributed by atoms with E-state index in [1.807, 2.05) is 0 Å². The number of benzene rings is 2. The van der Waals surface area contributed by atoms with Gasteiger partial charge in [0.05, 0.1) is 22.8 Å². The van der Waals surface area contributed by atoms with Crippen molar-refractivity contribution in [2.75, 3.05) is 7.11 Å². The highest BCUT2D eigenvalue weighted by atomic mass is 35.5. The molecule has 0 amide bonds. The number of rotatable bonds is 3. The van der Waals surface area contributed by atoms with Crippen LogP contribution in [0.3, 0.4) is 0 Å². The van der Waals surface area contributed by atoms with Crippen LogP contribution in [0.1, 0.15) is 16.1 Å². The summed E-state index contributed by atoms with van der Waals surface area (Å²) >= 11 is 12.0. The molecule has 0 N–H and O–H groups in total. The van der Waals surface area contributed by atoms with Crippen molar-refractivity contribution in [1.82, 2.24) is 4.57 Å². The first-order chi connectivity index (χ1) is 13.2. The van der Waals surface area contributed by atoms with E-state index in [0.717, 1.165) is 23.8 Å². The monoisotopic (exact) mass is 423 g/mol. The Hall–Kier alpha value is -2.70. The summed E-state index contributed by atoms with van der Waals surface area (Å²) in [6.07, 6.45) is 0. The molecule has 0 radical (unpaired) electrons. The van der Waals surface area contributed by atoms with E-state index in [2.05, 4.69) is 0 Å². The molecule has 1 heterocycles. The fourth-order valence-corrected chi connectivity index (χ4v) is 3.18. The van der Waals surface area contributed by atoms with Crippen LogP contribution < -0.4 is 5.56 Å². The molecule has 0 saturated heterocycles. The van der Waals surface area contributed by atoms with Crippen molar-refractivity contribution >= 4 is 29.2 Å². The van der Waals surface area contributed by atoms with Gasteiger partial charge in [-0.05, 0) is 42.8 Å². The molecule has 8 heteroatoms. The zero-order valence-corrected chi connectivity index (χ0v) is 16.2.